The topological polar surface area (TPSA) is 113 Å². The quantitative estimate of drug-likeness (QED) is 0.535. The molecule has 0 radical (unpaired) electrons. The second-order valence-corrected chi connectivity index (χ2v) is 9.74. The lowest BCUT2D eigenvalue weighted by Gasteiger charge is -2.26. The first kappa shape index (κ1) is 22.8. The van der Waals surface area contributed by atoms with E-state index in [1.54, 1.807) is 36.4 Å². The smallest absolute Gasteiger partial charge is 0.342 e. The number of amides is 1. The minimum absolute atomic E-state index is 0.0453. The van der Waals surface area contributed by atoms with E-state index in [9.17, 15) is 23.1 Å². The Balaban J connectivity index is 1.40. The molecule has 172 valence electrons. The first-order valence-electron chi connectivity index (χ1n) is 10.6. The monoisotopic (exact) mass is 468 g/mol. The van der Waals surface area contributed by atoms with Gasteiger partial charge in [0.05, 0.1) is 4.90 Å². The van der Waals surface area contributed by atoms with Gasteiger partial charge in [-0.15, -0.1) is 0 Å². The number of hydrogen-bond acceptors (Lipinski definition) is 6. The number of anilines is 1. The highest BCUT2D eigenvalue weighted by Crippen LogP contribution is 2.29. The molecule has 2 N–H and O–H groups in total. The molecular formula is C24H24N2O6S. The van der Waals surface area contributed by atoms with Crippen molar-refractivity contribution in [1.82, 2.24) is 4.31 Å². The Bertz CT molecular complexity index is 1300. The van der Waals surface area contributed by atoms with Crippen LogP contribution in [0.1, 0.15) is 29.6 Å². The molecule has 9 heteroatoms. The summed E-state index contributed by atoms with van der Waals surface area (Å²) in [5.41, 5.74) is 0.235. The van der Waals surface area contributed by atoms with E-state index in [0.29, 0.717) is 18.5 Å². The minimum atomic E-state index is -3.64. The Kier molecular flexibility index (Phi) is 6.62. The van der Waals surface area contributed by atoms with E-state index >= 15 is 0 Å². The van der Waals surface area contributed by atoms with E-state index in [-0.39, 0.29) is 21.9 Å². The highest BCUT2D eigenvalue weighted by Gasteiger charge is 2.26. The molecule has 0 spiro atoms. The number of sulfonamides is 1. The third-order valence-electron chi connectivity index (χ3n) is 5.53. The fraction of sp³-hybridized carbons (Fsp3) is 0.250. The van der Waals surface area contributed by atoms with Crippen molar-refractivity contribution in [2.45, 2.75) is 24.2 Å². The number of benzene rings is 3. The number of phenols is 1. The summed E-state index contributed by atoms with van der Waals surface area (Å²) in [5, 5.41) is 14.2. The van der Waals surface area contributed by atoms with Crippen LogP contribution in [0, 0.1) is 0 Å². The van der Waals surface area contributed by atoms with Crippen LogP contribution in [0.5, 0.6) is 5.75 Å². The first-order valence-corrected chi connectivity index (χ1v) is 12.1. The van der Waals surface area contributed by atoms with Gasteiger partial charge in [0.1, 0.15) is 11.3 Å². The Morgan fingerprint density at radius 1 is 0.970 bits per heavy atom. The number of fused-ring (bicyclic) bond motifs is 1. The zero-order valence-corrected chi connectivity index (χ0v) is 18.7. The number of phenolic OH excluding ortho intramolecular Hbond substituents is 1. The summed E-state index contributed by atoms with van der Waals surface area (Å²) in [6, 6.07) is 16.1. The summed E-state index contributed by atoms with van der Waals surface area (Å²) in [7, 11) is -3.64. The number of ether oxygens (including phenoxy) is 1. The Labute approximate surface area is 191 Å². The molecule has 1 heterocycles. The molecule has 0 bridgehead atoms. The van der Waals surface area contributed by atoms with Crippen LogP contribution in [0.15, 0.2) is 65.6 Å². The third-order valence-corrected chi connectivity index (χ3v) is 7.42. The van der Waals surface area contributed by atoms with Gasteiger partial charge >= 0.3 is 5.97 Å². The Morgan fingerprint density at radius 3 is 2.52 bits per heavy atom. The van der Waals surface area contributed by atoms with Gasteiger partial charge in [-0.05, 0) is 42.5 Å². The van der Waals surface area contributed by atoms with E-state index < -0.39 is 28.5 Å². The molecule has 1 amide bonds. The molecular weight excluding hydrogens is 444 g/mol. The molecule has 0 aliphatic carbocycles. The summed E-state index contributed by atoms with van der Waals surface area (Å²) in [5.74, 6) is -1.68. The first-order chi connectivity index (χ1) is 15.9. The lowest BCUT2D eigenvalue weighted by molar-refractivity contribution is -0.119. The van der Waals surface area contributed by atoms with Gasteiger partial charge in [-0.25, -0.2) is 13.2 Å². The van der Waals surface area contributed by atoms with E-state index in [1.807, 2.05) is 6.07 Å². The van der Waals surface area contributed by atoms with Gasteiger partial charge in [0.25, 0.3) is 5.91 Å². The van der Waals surface area contributed by atoms with Crippen LogP contribution < -0.4 is 5.32 Å². The maximum atomic E-state index is 12.8. The van der Waals surface area contributed by atoms with Crippen LogP contribution >= 0.6 is 0 Å². The lowest BCUT2D eigenvalue weighted by Crippen LogP contribution is -2.35. The van der Waals surface area contributed by atoms with Gasteiger partial charge in [-0.1, -0.05) is 42.8 Å². The van der Waals surface area contributed by atoms with E-state index in [2.05, 4.69) is 5.32 Å². The van der Waals surface area contributed by atoms with Gasteiger partial charge in [-0.2, -0.15) is 4.31 Å². The number of hydrogen-bond donors (Lipinski definition) is 2. The van der Waals surface area contributed by atoms with Crippen molar-refractivity contribution in [2.75, 3.05) is 25.0 Å². The number of nitrogens with one attached hydrogen (secondary N) is 1. The van der Waals surface area contributed by atoms with E-state index in [4.69, 9.17) is 4.74 Å². The molecule has 0 atom stereocenters. The molecule has 3 aromatic rings. The summed E-state index contributed by atoms with van der Waals surface area (Å²) in [4.78, 5) is 24.8. The maximum Gasteiger partial charge on any atom is 0.342 e. The molecule has 0 aromatic heterocycles. The van der Waals surface area contributed by atoms with Crippen LogP contribution in [-0.4, -0.2) is 49.4 Å². The number of piperidine rings is 1. The fourth-order valence-corrected chi connectivity index (χ4v) is 5.38. The number of aromatic hydroxyl groups is 1. The summed E-state index contributed by atoms with van der Waals surface area (Å²) in [6.45, 7) is 0.376. The highest BCUT2D eigenvalue weighted by molar-refractivity contribution is 7.89. The normalized spacial score (nSPS) is 14.7. The number of carbonyl (C=O) groups is 2. The summed E-state index contributed by atoms with van der Waals surface area (Å²) >= 11 is 0. The molecule has 8 nitrogen and oxygen atoms in total. The van der Waals surface area contributed by atoms with Gasteiger partial charge in [0.2, 0.25) is 10.0 Å². The molecule has 1 aliphatic rings. The van der Waals surface area contributed by atoms with Crippen molar-refractivity contribution in [3.8, 4) is 5.75 Å². The average Bonchev–Trinajstić information content (AvgIpc) is 2.83. The number of nitrogens with zero attached hydrogens (tertiary/aromatic N) is 1. The van der Waals surface area contributed by atoms with Crippen molar-refractivity contribution < 1.29 is 27.9 Å². The van der Waals surface area contributed by atoms with E-state index in [1.165, 1.54) is 22.5 Å². The molecule has 1 aliphatic heterocycles. The zero-order chi connectivity index (χ0) is 23.4. The van der Waals surface area contributed by atoms with E-state index in [0.717, 1.165) is 24.6 Å². The highest BCUT2D eigenvalue weighted by atomic mass is 32.2. The van der Waals surface area contributed by atoms with Crippen LogP contribution in [0.25, 0.3) is 10.8 Å². The number of carbonyl (C=O) groups excluding carboxylic acids is 2. The molecule has 4 rings (SSSR count). The SMILES string of the molecule is O=C(COC(=O)c1ccc2ccccc2c1O)Nc1cccc(S(=O)(=O)N2CCCCC2)c1. The van der Waals surface area contributed by atoms with Gasteiger partial charge < -0.3 is 15.2 Å². The zero-order valence-electron chi connectivity index (χ0n) is 17.9. The average molecular weight is 469 g/mol. The van der Waals surface area contributed by atoms with Gasteiger partial charge in [0, 0.05) is 24.2 Å². The molecule has 1 fully saturated rings. The lowest BCUT2D eigenvalue weighted by atomic mass is 10.1. The fourth-order valence-electron chi connectivity index (χ4n) is 3.81. The molecule has 1 saturated heterocycles. The summed E-state index contributed by atoms with van der Waals surface area (Å²) < 4.78 is 32.2. The predicted octanol–water partition coefficient (Wildman–Crippen LogP) is 3.52. The third kappa shape index (κ3) is 4.99. The van der Waals surface area contributed by atoms with Crippen molar-refractivity contribution in [2.24, 2.45) is 0 Å². The standard InChI is InChI=1S/C24H24N2O6S/c27-22(16-32-24(29)21-12-11-17-7-2-3-10-20(17)23(21)28)25-18-8-6-9-19(15-18)33(30,31)26-13-4-1-5-14-26/h2-3,6-12,15,28H,1,4-5,13-14,16H2,(H,25,27). The number of esters is 1. The second kappa shape index (κ2) is 9.60. The van der Waals surface area contributed by atoms with Crippen molar-refractivity contribution >= 4 is 38.4 Å². The minimum Gasteiger partial charge on any atom is -0.506 e. The largest absolute Gasteiger partial charge is 0.506 e. The predicted molar refractivity (Wildman–Crippen MR) is 124 cm³/mol. The van der Waals surface area contributed by atoms with Crippen LogP contribution in [0.2, 0.25) is 0 Å². The Morgan fingerprint density at radius 2 is 1.73 bits per heavy atom. The molecule has 33 heavy (non-hydrogen) atoms. The molecule has 3 aromatic carbocycles. The maximum absolute atomic E-state index is 12.8. The molecule has 0 unspecified atom stereocenters. The van der Waals surface area contributed by atoms with Gasteiger partial charge in [-0.3, -0.25) is 4.79 Å². The van der Waals surface area contributed by atoms with Crippen LogP contribution in [-0.2, 0) is 19.6 Å². The van der Waals surface area contributed by atoms with Crippen molar-refractivity contribution in [1.29, 1.82) is 0 Å². The second-order valence-electron chi connectivity index (χ2n) is 7.80. The van der Waals surface area contributed by atoms with Gasteiger partial charge in [0.15, 0.2) is 6.61 Å². The number of rotatable bonds is 6. The van der Waals surface area contributed by atoms with Crippen molar-refractivity contribution in [3.05, 3.63) is 66.2 Å². The molecule has 0 saturated carbocycles. The van der Waals surface area contributed by atoms with Crippen molar-refractivity contribution in [3.63, 3.8) is 0 Å². The van der Waals surface area contributed by atoms with Crippen LogP contribution in [0.4, 0.5) is 5.69 Å². The summed E-state index contributed by atoms with van der Waals surface area (Å²) in [6.07, 6.45) is 2.67. The Hall–Kier alpha value is -3.43. The van der Waals surface area contributed by atoms with Crippen LogP contribution in [0.3, 0.4) is 0 Å².